The Balaban J connectivity index is 1.68. The summed E-state index contributed by atoms with van der Waals surface area (Å²) in [4.78, 5) is 2.61. The van der Waals surface area contributed by atoms with Crippen molar-refractivity contribution in [2.24, 2.45) is 0 Å². The number of hydrogen-bond acceptors (Lipinski definition) is 2. The van der Waals surface area contributed by atoms with Crippen LogP contribution < -0.4 is 0 Å². The Morgan fingerprint density at radius 3 is 2.72 bits per heavy atom. The van der Waals surface area contributed by atoms with Gasteiger partial charge in [0, 0.05) is 23.7 Å². The van der Waals surface area contributed by atoms with Gasteiger partial charge in [0.1, 0.15) is 0 Å². The molecule has 2 heterocycles. The van der Waals surface area contributed by atoms with E-state index in [2.05, 4.69) is 45.1 Å². The normalized spacial score (nSPS) is 28.9. The first-order chi connectivity index (χ1) is 8.83. The Morgan fingerprint density at radius 1 is 1.17 bits per heavy atom. The van der Waals surface area contributed by atoms with Crippen molar-refractivity contribution in [3.8, 4) is 0 Å². The number of halogens is 1. The van der Waals surface area contributed by atoms with Crippen molar-refractivity contribution in [1.29, 1.82) is 0 Å². The Hall–Kier alpha value is -0.380. The second kappa shape index (κ2) is 5.72. The minimum absolute atomic E-state index is 0.473. The quantitative estimate of drug-likeness (QED) is 0.843. The van der Waals surface area contributed by atoms with Crippen molar-refractivity contribution in [1.82, 2.24) is 4.90 Å². The molecule has 2 saturated heterocycles. The molecule has 2 nitrogen and oxygen atoms in total. The minimum Gasteiger partial charge on any atom is -0.377 e. The van der Waals surface area contributed by atoms with Gasteiger partial charge in [-0.15, -0.1) is 0 Å². The molecule has 1 aromatic rings. The summed E-state index contributed by atoms with van der Waals surface area (Å²) in [7, 11) is 0. The maximum Gasteiger partial charge on any atom is 0.0703 e. The van der Waals surface area contributed by atoms with E-state index in [1.165, 1.54) is 37.8 Å². The largest absolute Gasteiger partial charge is 0.377 e. The summed E-state index contributed by atoms with van der Waals surface area (Å²) in [6.07, 6.45) is 5.55. The van der Waals surface area contributed by atoms with Crippen LogP contribution in [0, 0.1) is 0 Å². The molecule has 0 aliphatic carbocycles. The topological polar surface area (TPSA) is 12.5 Å². The van der Waals surface area contributed by atoms with Crippen molar-refractivity contribution >= 4 is 15.9 Å². The number of ether oxygens (including phenoxy) is 1. The zero-order chi connectivity index (χ0) is 12.4. The average Bonchev–Trinajstić information content (AvgIpc) is 3.02. The molecule has 2 unspecified atom stereocenters. The predicted molar refractivity (Wildman–Crippen MR) is 76.7 cm³/mol. The highest BCUT2D eigenvalue weighted by Gasteiger charge is 2.29. The third-order valence-electron chi connectivity index (χ3n) is 4.08. The van der Waals surface area contributed by atoms with E-state index in [1.54, 1.807) is 0 Å². The molecule has 0 amide bonds. The summed E-state index contributed by atoms with van der Waals surface area (Å²) < 4.78 is 6.93. The van der Waals surface area contributed by atoms with E-state index in [9.17, 15) is 0 Å². The lowest BCUT2D eigenvalue weighted by atomic mass is 10.0. The van der Waals surface area contributed by atoms with Gasteiger partial charge in [-0.25, -0.2) is 0 Å². The van der Waals surface area contributed by atoms with Gasteiger partial charge in [-0.05, 0) is 49.9 Å². The smallest absolute Gasteiger partial charge is 0.0703 e. The molecule has 1 aromatic carbocycles. The Morgan fingerprint density at radius 2 is 2.00 bits per heavy atom. The van der Waals surface area contributed by atoms with Crippen molar-refractivity contribution in [3.63, 3.8) is 0 Å². The summed E-state index contributed by atoms with van der Waals surface area (Å²) in [5.41, 5.74) is 1.45. The fourth-order valence-corrected chi connectivity index (χ4v) is 3.42. The van der Waals surface area contributed by atoms with Crippen LogP contribution in [0.3, 0.4) is 0 Å². The van der Waals surface area contributed by atoms with Crippen LogP contribution in [0.5, 0.6) is 0 Å². The van der Waals surface area contributed by atoms with E-state index in [-0.39, 0.29) is 0 Å². The van der Waals surface area contributed by atoms with Crippen molar-refractivity contribution in [2.75, 3.05) is 19.7 Å². The van der Waals surface area contributed by atoms with Crippen LogP contribution in [0.25, 0.3) is 0 Å². The summed E-state index contributed by atoms with van der Waals surface area (Å²) in [5.74, 6) is 0. The molecule has 2 fully saturated rings. The number of likely N-dealkylation sites (tertiary alicyclic amines) is 1. The molecule has 3 heteroatoms. The summed E-state index contributed by atoms with van der Waals surface area (Å²) in [6.45, 7) is 3.29. The van der Waals surface area contributed by atoms with Gasteiger partial charge in [-0.1, -0.05) is 28.1 Å². The third-order valence-corrected chi connectivity index (χ3v) is 4.61. The first-order valence-corrected chi connectivity index (χ1v) is 7.73. The Bertz CT molecular complexity index is 386. The molecule has 98 valence electrons. The SMILES string of the molecule is Brc1ccc(C2CCCN2CC2CCCO2)cc1. The average molecular weight is 310 g/mol. The van der Waals surface area contributed by atoms with Gasteiger partial charge in [0.15, 0.2) is 0 Å². The van der Waals surface area contributed by atoms with Gasteiger partial charge in [-0.2, -0.15) is 0 Å². The Labute approximate surface area is 117 Å². The van der Waals surface area contributed by atoms with Crippen LogP contribution in [0.15, 0.2) is 28.7 Å². The van der Waals surface area contributed by atoms with Crippen LogP contribution in [0.1, 0.15) is 37.3 Å². The molecule has 0 bridgehead atoms. The molecular weight excluding hydrogens is 290 g/mol. The second-order valence-corrected chi connectivity index (χ2v) is 6.26. The van der Waals surface area contributed by atoms with Crippen LogP contribution >= 0.6 is 15.9 Å². The monoisotopic (exact) mass is 309 g/mol. The van der Waals surface area contributed by atoms with Crippen LogP contribution in [-0.4, -0.2) is 30.7 Å². The fourth-order valence-electron chi connectivity index (χ4n) is 3.16. The molecule has 18 heavy (non-hydrogen) atoms. The lowest BCUT2D eigenvalue weighted by Crippen LogP contribution is -2.31. The van der Waals surface area contributed by atoms with Crippen LogP contribution in [-0.2, 0) is 4.74 Å². The van der Waals surface area contributed by atoms with Gasteiger partial charge in [0.05, 0.1) is 6.10 Å². The van der Waals surface area contributed by atoms with Crippen LogP contribution in [0.4, 0.5) is 0 Å². The fraction of sp³-hybridized carbons (Fsp3) is 0.600. The zero-order valence-electron chi connectivity index (χ0n) is 10.6. The third kappa shape index (κ3) is 2.79. The lowest BCUT2D eigenvalue weighted by molar-refractivity contribution is 0.0689. The Kier molecular flexibility index (Phi) is 4.02. The number of benzene rings is 1. The number of rotatable bonds is 3. The van der Waals surface area contributed by atoms with Crippen LogP contribution in [0.2, 0.25) is 0 Å². The lowest BCUT2D eigenvalue weighted by Gasteiger charge is -2.27. The van der Waals surface area contributed by atoms with Crippen molar-refractivity contribution < 1.29 is 4.74 Å². The molecule has 3 rings (SSSR count). The van der Waals surface area contributed by atoms with Crippen molar-refractivity contribution in [3.05, 3.63) is 34.3 Å². The molecular formula is C15H20BrNO. The van der Waals surface area contributed by atoms with E-state index >= 15 is 0 Å². The molecule has 0 radical (unpaired) electrons. The number of hydrogen-bond donors (Lipinski definition) is 0. The van der Waals surface area contributed by atoms with Gasteiger partial charge >= 0.3 is 0 Å². The van der Waals surface area contributed by atoms with Gasteiger partial charge < -0.3 is 4.74 Å². The highest BCUT2D eigenvalue weighted by atomic mass is 79.9. The molecule has 0 N–H and O–H groups in total. The van der Waals surface area contributed by atoms with Gasteiger partial charge in [0.2, 0.25) is 0 Å². The van der Waals surface area contributed by atoms with Gasteiger partial charge in [-0.3, -0.25) is 4.90 Å². The maximum atomic E-state index is 5.77. The first-order valence-electron chi connectivity index (χ1n) is 6.94. The van der Waals surface area contributed by atoms with Gasteiger partial charge in [0.25, 0.3) is 0 Å². The van der Waals surface area contributed by atoms with E-state index in [0.29, 0.717) is 12.1 Å². The molecule has 2 aliphatic rings. The summed E-state index contributed by atoms with van der Waals surface area (Å²) >= 11 is 3.51. The molecule has 2 aliphatic heterocycles. The highest BCUT2D eigenvalue weighted by molar-refractivity contribution is 9.10. The molecule has 0 saturated carbocycles. The second-order valence-electron chi connectivity index (χ2n) is 5.34. The highest BCUT2D eigenvalue weighted by Crippen LogP contribution is 2.33. The molecule has 0 aromatic heterocycles. The molecule has 0 spiro atoms. The number of nitrogens with zero attached hydrogens (tertiary/aromatic N) is 1. The van der Waals surface area contributed by atoms with E-state index < -0.39 is 0 Å². The van der Waals surface area contributed by atoms with E-state index in [4.69, 9.17) is 4.74 Å². The van der Waals surface area contributed by atoms with Crippen molar-refractivity contribution in [2.45, 2.75) is 37.8 Å². The standard InChI is InChI=1S/C15H20BrNO/c16-13-7-5-12(6-8-13)15-4-1-9-17(15)11-14-3-2-10-18-14/h5-8,14-15H,1-4,9-11H2. The zero-order valence-corrected chi connectivity index (χ0v) is 12.2. The first kappa shape index (κ1) is 12.6. The predicted octanol–water partition coefficient (Wildman–Crippen LogP) is 3.77. The molecule has 2 atom stereocenters. The van der Waals surface area contributed by atoms with E-state index in [1.807, 2.05) is 0 Å². The maximum absolute atomic E-state index is 5.77. The minimum atomic E-state index is 0.473. The summed E-state index contributed by atoms with van der Waals surface area (Å²) in [5, 5.41) is 0. The summed E-state index contributed by atoms with van der Waals surface area (Å²) in [6, 6.07) is 9.41. The van der Waals surface area contributed by atoms with E-state index in [0.717, 1.165) is 17.6 Å².